The molecule has 3 saturated heterocycles. The first-order valence-electron chi connectivity index (χ1n) is 12.6. The summed E-state index contributed by atoms with van der Waals surface area (Å²) in [6.45, 7) is 7.42. The maximum Gasteiger partial charge on any atom is 0.312 e. The molecule has 2 aromatic rings. The van der Waals surface area contributed by atoms with Crippen molar-refractivity contribution in [2.45, 2.75) is 42.1 Å². The van der Waals surface area contributed by atoms with Gasteiger partial charge in [-0.05, 0) is 25.0 Å². The van der Waals surface area contributed by atoms with Gasteiger partial charge in [-0.2, -0.15) is 0 Å². The molecule has 1 aromatic carbocycles. The van der Waals surface area contributed by atoms with Crippen LogP contribution in [0.2, 0.25) is 0 Å². The number of fused-ring (bicyclic) bond motifs is 2. The minimum Gasteiger partial charge on any atom is -0.465 e. The molecular weight excluding hydrogens is 558 g/mol. The van der Waals surface area contributed by atoms with Gasteiger partial charge in [-0.3, -0.25) is 14.4 Å². The van der Waals surface area contributed by atoms with E-state index in [2.05, 4.69) is 39.4 Å². The fourth-order valence-corrected chi connectivity index (χ4v) is 7.04. The number of likely N-dealkylation sites (tertiary alicyclic amines) is 1. The minimum atomic E-state index is -1.24. The number of para-hydroxylation sites is 1. The van der Waals surface area contributed by atoms with Crippen LogP contribution in [0.4, 0.5) is 0 Å². The number of halogens is 1. The smallest absolute Gasteiger partial charge is 0.312 e. The summed E-state index contributed by atoms with van der Waals surface area (Å²) in [6.07, 6.45) is 3.47. The van der Waals surface area contributed by atoms with E-state index in [1.54, 1.807) is 16.8 Å². The Morgan fingerprint density at radius 3 is 2.84 bits per heavy atom. The molecule has 2 bridgehead atoms. The molecule has 6 atom stereocenters. The van der Waals surface area contributed by atoms with Crippen molar-refractivity contribution in [3.05, 3.63) is 49.6 Å². The number of esters is 1. The van der Waals surface area contributed by atoms with Crippen molar-refractivity contribution in [3.8, 4) is 0 Å². The van der Waals surface area contributed by atoms with Crippen molar-refractivity contribution >= 4 is 44.7 Å². The maximum absolute atomic E-state index is 14.3. The van der Waals surface area contributed by atoms with Gasteiger partial charge in [0.25, 0.3) is 0 Å². The third-order valence-electron chi connectivity index (χ3n) is 7.59. The topological polar surface area (TPSA) is 127 Å². The first kappa shape index (κ1) is 26.5. The predicted octanol–water partition coefficient (Wildman–Crippen LogP) is 1.26. The highest BCUT2D eigenvalue weighted by molar-refractivity contribution is 9.09. The highest BCUT2D eigenvalue weighted by Crippen LogP contribution is 2.60. The zero-order valence-corrected chi connectivity index (χ0v) is 22.4. The Kier molecular flexibility index (Phi) is 7.38. The molecule has 4 heterocycles. The summed E-state index contributed by atoms with van der Waals surface area (Å²) in [4.78, 5) is 43.8. The van der Waals surface area contributed by atoms with E-state index in [0.717, 1.165) is 5.52 Å². The number of nitrogens with zero attached hydrogens (tertiary/aromatic N) is 5. The largest absolute Gasteiger partial charge is 0.465 e. The third-order valence-corrected chi connectivity index (χ3v) is 8.43. The molecule has 202 valence electrons. The fourth-order valence-electron chi connectivity index (χ4n) is 6.10. The van der Waals surface area contributed by atoms with Crippen molar-refractivity contribution in [1.29, 1.82) is 0 Å². The Balaban J connectivity index is 1.49. The monoisotopic (exact) mass is 587 g/mol. The molecule has 38 heavy (non-hydrogen) atoms. The first-order valence-corrected chi connectivity index (χ1v) is 13.5. The van der Waals surface area contributed by atoms with Crippen LogP contribution in [0.25, 0.3) is 11.0 Å². The van der Waals surface area contributed by atoms with Gasteiger partial charge in [-0.15, -0.1) is 18.3 Å². The lowest BCUT2D eigenvalue weighted by Gasteiger charge is -2.36. The summed E-state index contributed by atoms with van der Waals surface area (Å²) in [6, 6.07) is 6.36. The van der Waals surface area contributed by atoms with Crippen molar-refractivity contribution in [2.75, 3.05) is 26.3 Å². The first-order chi connectivity index (χ1) is 18.4. The van der Waals surface area contributed by atoms with Gasteiger partial charge in [0, 0.05) is 17.9 Å². The molecule has 3 aliphatic heterocycles. The molecule has 1 spiro atoms. The summed E-state index contributed by atoms with van der Waals surface area (Å²) < 4.78 is 13.5. The Morgan fingerprint density at radius 2 is 2.11 bits per heavy atom. The lowest BCUT2D eigenvalue weighted by Crippen LogP contribution is -2.57. The number of β-amino-alcohol motifs (C(OH)–C–C–N with tert-alkyl or cyclic N) is 1. The highest BCUT2D eigenvalue weighted by Gasteiger charge is 2.77. The average Bonchev–Trinajstić information content (AvgIpc) is 3.62. The zero-order chi connectivity index (χ0) is 27.0. The molecular formula is C26H30BrN5O6. The van der Waals surface area contributed by atoms with E-state index in [4.69, 9.17) is 9.47 Å². The summed E-state index contributed by atoms with van der Waals surface area (Å²) in [5.74, 6) is -3.06. The van der Waals surface area contributed by atoms with Gasteiger partial charge in [0.2, 0.25) is 11.8 Å². The van der Waals surface area contributed by atoms with Crippen molar-refractivity contribution < 1.29 is 29.0 Å². The van der Waals surface area contributed by atoms with E-state index in [0.29, 0.717) is 18.4 Å². The molecule has 0 aliphatic carbocycles. The molecule has 3 fully saturated rings. The van der Waals surface area contributed by atoms with Crippen LogP contribution in [0.15, 0.2) is 49.6 Å². The normalized spacial score (nSPS) is 29.5. The molecule has 2 amide bonds. The number of alkyl halides is 1. The van der Waals surface area contributed by atoms with E-state index in [9.17, 15) is 19.5 Å². The standard InChI is InChI=1S/C26H30BrN5O6/c1-3-5-13-37-25(36)19-20-23(34)31(11-12-33)22(26(20)14-16(27)21(19)38-26)24(35)30(10-4-2)15-32-18-9-7-6-8-17(18)28-29-32/h3-4,6-9,16,19-22,33H,1-2,5,10-15H2/t16?,19-,20+,21-,22?,26?/m1/s1. The number of benzene rings is 1. The number of carbonyl (C=O) groups is 3. The van der Waals surface area contributed by atoms with E-state index in [-0.39, 0.29) is 43.7 Å². The van der Waals surface area contributed by atoms with E-state index >= 15 is 0 Å². The Labute approximate surface area is 228 Å². The second-order valence-corrected chi connectivity index (χ2v) is 10.9. The van der Waals surface area contributed by atoms with Gasteiger partial charge in [0.05, 0.1) is 36.7 Å². The lowest BCUT2D eigenvalue weighted by molar-refractivity contribution is -0.155. The summed E-state index contributed by atoms with van der Waals surface area (Å²) in [5.41, 5.74) is 0.197. The van der Waals surface area contributed by atoms with E-state index in [1.165, 1.54) is 9.80 Å². The molecule has 3 aliphatic rings. The fraction of sp³-hybridized carbons (Fsp3) is 0.500. The molecule has 11 nitrogen and oxygen atoms in total. The summed E-state index contributed by atoms with van der Waals surface area (Å²) in [5, 5.41) is 18.2. The van der Waals surface area contributed by atoms with Crippen molar-refractivity contribution in [2.24, 2.45) is 11.8 Å². The zero-order valence-electron chi connectivity index (χ0n) is 20.8. The highest BCUT2D eigenvalue weighted by atomic mass is 79.9. The van der Waals surface area contributed by atoms with Crippen molar-refractivity contribution in [3.63, 3.8) is 0 Å². The van der Waals surface area contributed by atoms with Gasteiger partial charge in [0.1, 0.15) is 23.8 Å². The van der Waals surface area contributed by atoms with E-state index in [1.807, 2.05) is 24.3 Å². The second kappa shape index (κ2) is 10.6. The molecule has 0 radical (unpaired) electrons. The van der Waals surface area contributed by atoms with Crippen LogP contribution in [0, 0.1) is 11.8 Å². The molecule has 12 heteroatoms. The SMILES string of the molecule is C=CCCOC(=O)[C@H]1[C@@H]2OC3(CC2Br)C(C(=O)N(CC=C)Cn2nnc4ccccc42)N(CCO)C(=O)[C@H]13. The molecule has 1 aromatic heterocycles. The van der Waals surface area contributed by atoms with Gasteiger partial charge in [0.15, 0.2) is 0 Å². The number of aromatic nitrogens is 3. The second-order valence-electron chi connectivity index (χ2n) is 9.73. The Hall–Kier alpha value is -3.09. The number of ether oxygens (including phenoxy) is 2. The Bertz CT molecular complexity index is 1270. The van der Waals surface area contributed by atoms with Gasteiger partial charge in [-0.1, -0.05) is 45.4 Å². The number of rotatable bonds is 11. The summed E-state index contributed by atoms with van der Waals surface area (Å²) >= 11 is 3.62. The van der Waals surface area contributed by atoms with Crippen LogP contribution in [0.1, 0.15) is 12.8 Å². The number of amides is 2. The number of hydrogen-bond donors (Lipinski definition) is 1. The van der Waals surface area contributed by atoms with Crippen LogP contribution >= 0.6 is 15.9 Å². The predicted molar refractivity (Wildman–Crippen MR) is 140 cm³/mol. The van der Waals surface area contributed by atoms with E-state index < -0.39 is 41.5 Å². The van der Waals surface area contributed by atoms with Gasteiger partial charge in [-0.25, -0.2) is 4.68 Å². The molecule has 3 unspecified atom stereocenters. The van der Waals surface area contributed by atoms with Crippen LogP contribution in [-0.4, -0.2) is 96.6 Å². The Morgan fingerprint density at radius 1 is 1.32 bits per heavy atom. The molecule has 0 saturated carbocycles. The maximum atomic E-state index is 14.3. The quantitative estimate of drug-likeness (QED) is 0.180. The van der Waals surface area contributed by atoms with Crippen LogP contribution < -0.4 is 0 Å². The number of aliphatic hydroxyl groups is 1. The average molecular weight is 588 g/mol. The minimum absolute atomic E-state index is 0.0674. The number of carbonyl (C=O) groups excluding carboxylic acids is 3. The van der Waals surface area contributed by atoms with Gasteiger partial charge < -0.3 is 24.4 Å². The molecule has 1 N–H and O–H groups in total. The van der Waals surface area contributed by atoms with Crippen LogP contribution in [0.3, 0.4) is 0 Å². The molecule has 5 rings (SSSR count). The van der Waals surface area contributed by atoms with Crippen molar-refractivity contribution in [1.82, 2.24) is 24.8 Å². The lowest BCUT2D eigenvalue weighted by atomic mass is 9.70. The number of aliphatic hydroxyl groups excluding tert-OH is 1. The number of hydrogen-bond acceptors (Lipinski definition) is 8. The van der Waals surface area contributed by atoms with Crippen LogP contribution in [-0.2, 0) is 30.5 Å². The van der Waals surface area contributed by atoms with Gasteiger partial charge >= 0.3 is 5.97 Å². The summed E-state index contributed by atoms with van der Waals surface area (Å²) in [7, 11) is 0. The third kappa shape index (κ3) is 4.15. The van der Waals surface area contributed by atoms with Crippen LogP contribution in [0.5, 0.6) is 0 Å².